The second-order valence-corrected chi connectivity index (χ2v) is 8.64. The first-order valence-corrected chi connectivity index (χ1v) is 10.5. The lowest BCUT2D eigenvalue weighted by Gasteiger charge is -2.28. The molecule has 0 saturated heterocycles. The Morgan fingerprint density at radius 3 is 2.03 bits per heavy atom. The van der Waals surface area contributed by atoms with Gasteiger partial charge < -0.3 is 29.7 Å². The molecule has 0 aromatic rings. The predicted octanol–water partition coefficient (Wildman–Crippen LogP) is -0.147. The largest absolute Gasteiger partial charge is 0.461 e. The summed E-state index contributed by atoms with van der Waals surface area (Å²) in [5.41, 5.74) is 5.10. The maximum Gasteiger partial charge on any atom is 0.333 e. The Bertz CT molecular complexity index is 606. The Balaban J connectivity index is 4.23. The minimum absolute atomic E-state index is 0.192. The van der Waals surface area contributed by atoms with Crippen LogP contribution in [0.2, 0.25) is 0 Å². The molecule has 11 heteroatoms. The lowest BCUT2D eigenvalue weighted by atomic mass is 9.82. The molecular formula is C21H38N2O9. The van der Waals surface area contributed by atoms with Crippen molar-refractivity contribution < 1.29 is 44.1 Å². The van der Waals surface area contributed by atoms with Gasteiger partial charge in [0.25, 0.3) is 0 Å². The van der Waals surface area contributed by atoms with Crippen LogP contribution in [0.3, 0.4) is 0 Å². The number of nitrogens with one attached hydrogen (secondary N) is 2. The number of hydrogen-bond donors (Lipinski definition) is 5. The van der Waals surface area contributed by atoms with E-state index < -0.39 is 49.6 Å². The zero-order valence-corrected chi connectivity index (χ0v) is 19.4. The van der Waals surface area contributed by atoms with Crippen molar-refractivity contribution in [2.45, 2.75) is 40.5 Å². The van der Waals surface area contributed by atoms with Gasteiger partial charge in [-0.25, -0.2) is 14.4 Å². The average Bonchev–Trinajstić information content (AvgIpc) is 2.71. The van der Waals surface area contributed by atoms with Gasteiger partial charge in [0.05, 0.1) is 19.8 Å². The molecule has 32 heavy (non-hydrogen) atoms. The highest BCUT2D eigenvalue weighted by Crippen LogP contribution is 2.26. The molecule has 0 aliphatic heterocycles. The van der Waals surface area contributed by atoms with Crippen molar-refractivity contribution in [1.29, 1.82) is 0 Å². The van der Waals surface area contributed by atoms with Crippen LogP contribution in [0.15, 0.2) is 12.2 Å². The van der Waals surface area contributed by atoms with E-state index in [9.17, 15) is 19.5 Å². The summed E-state index contributed by atoms with van der Waals surface area (Å²) < 4.78 is 4.88. The number of hydrogen-bond acceptors (Lipinski definition) is 11. The first-order chi connectivity index (χ1) is 15.0. The fourth-order valence-electron chi connectivity index (χ4n) is 2.72. The van der Waals surface area contributed by atoms with Crippen molar-refractivity contribution in [2.24, 2.45) is 23.2 Å². The molecule has 0 aliphatic carbocycles. The van der Waals surface area contributed by atoms with Gasteiger partial charge in [-0.15, -0.1) is 0 Å². The summed E-state index contributed by atoms with van der Waals surface area (Å²) >= 11 is 0. The molecule has 186 valence electrons. The van der Waals surface area contributed by atoms with Crippen molar-refractivity contribution in [3.63, 3.8) is 0 Å². The molecule has 0 rings (SSSR count). The number of rotatable bonds is 17. The van der Waals surface area contributed by atoms with E-state index in [1.54, 1.807) is 0 Å². The zero-order chi connectivity index (χ0) is 24.7. The van der Waals surface area contributed by atoms with Gasteiger partial charge in [0.1, 0.15) is 18.4 Å². The molecular weight excluding hydrogens is 424 g/mol. The van der Waals surface area contributed by atoms with E-state index in [2.05, 4.69) is 17.5 Å². The highest BCUT2D eigenvalue weighted by Gasteiger charge is 2.25. The molecule has 0 radical (unpaired) electrons. The topological polar surface area (TPSA) is 164 Å². The SMILES string of the molecule is C=C(C)C(=O)OCC(CO)C(=O)ONCC(C)(C)CC(C)CCNOC(=O)C(CO)CO. The van der Waals surface area contributed by atoms with Crippen LogP contribution in [0.5, 0.6) is 0 Å². The Kier molecular flexibility index (Phi) is 14.7. The van der Waals surface area contributed by atoms with Crippen molar-refractivity contribution in [3.8, 4) is 0 Å². The van der Waals surface area contributed by atoms with E-state index >= 15 is 0 Å². The summed E-state index contributed by atoms with van der Waals surface area (Å²) in [6.07, 6.45) is 1.46. The zero-order valence-electron chi connectivity index (χ0n) is 19.4. The van der Waals surface area contributed by atoms with Crippen LogP contribution in [-0.2, 0) is 28.8 Å². The third-order valence-corrected chi connectivity index (χ3v) is 4.63. The Labute approximate surface area is 189 Å². The maximum absolute atomic E-state index is 12.0. The molecule has 0 aromatic heterocycles. The molecule has 2 unspecified atom stereocenters. The first kappa shape index (κ1) is 29.9. The van der Waals surface area contributed by atoms with E-state index in [1.807, 2.05) is 20.8 Å². The van der Waals surface area contributed by atoms with Gasteiger partial charge in [-0.05, 0) is 31.1 Å². The van der Waals surface area contributed by atoms with Gasteiger partial charge in [0.2, 0.25) is 0 Å². The fraction of sp³-hybridized carbons (Fsp3) is 0.762. The van der Waals surface area contributed by atoms with E-state index in [-0.39, 0.29) is 23.5 Å². The van der Waals surface area contributed by atoms with Gasteiger partial charge in [-0.3, -0.25) is 0 Å². The average molecular weight is 463 g/mol. The molecule has 0 aromatic carbocycles. The van der Waals surface area contributed by atoms with Crippen LogP contribution in [0, 0.1) is 23.2 Å². The molecule has 0 spiro atoms. The van der Waals surface area contributed by atoms with Gasteiger partial charge in [0, 0.05) is 18.7 Å². The quantitative estimate of drug-likeness (QED) is 0.0642. The Morgan fingerprint density at radius 1 is 0.969 bits per heavy atom. The Hall–Kier alpha value is -2.05. The molecule has 0 bridgehead atoms. The smallest absolute Gasteiger partial charge is 0.333 e. The van der Waals surface area contributed by atoms with Crippen LogP contribution in [0.25, 0.3) is 0 Å². The van der Waals surface area contributed by atoms with Gasteiger partial charge in [-0.1, -0.05) is 27.4 Å². The van der Waals surface area contributed by atoms with Crippen LogP contribution in [0.1, 0.15) is 40.5 Å². The Morgan fingerprint density at radius 2 is 1.50 bits per heavy atom. The van der Waals surface area contributed by atoms with Crippen molar-refractivity contribution in [1.82, 2.24) is 11.0 Å². The van der Waals surface area contributed by atoms with E-state index in [1.165, 1.54) is 6.92 Å². The summed E-state index contributed by atoms with van der Waals surface area (Å²) in [5, 5.41) is 27.2. The van der Waals surface area contributed by atoms with Gasteiger partial charge in [-0.2, -0.15) is 11.0 Å². The number of carbonyl (C=O) groups is 3. The molecule has 0 heterocycles. The van der Waals surface area contributed by atoms with Crippen molar-refractivity contribution >= 4 is 17.9 Å². The molecule has 0 aliphatic rings. The van der Waals surface area contributed by atoms with E-state index in [0.29, 0.717) is 19.5 Å². The van der Waals surface area contributed by atoms with E-state index in [4.69, 9.17) is 24.6 Å². The third-order valence-electron chi connectivity index (χ3n) is 4.63. The lowest BCUT2D eigenvalue weighted by molar-refractivity contribution is -0.163. The summed E-state index contributed by atoms with van der Waals surface area (Å²) in [6.45, 7) is 9.86. The predicted molar refractivity (Wildman–Crippen MR) is 114 cm³/mol. The molecule has 11 nitrogen and oxygen atoms in total. The van der Waals surface area contributed by atoms with E-state index in [0.717, 1.165) is 6.42 Å². The van der Waals surface area contributed by atoms with Crippen LogP contribution >= 0.6 is 0 Å². The fourth-order valence-corrected chi connectivity index (χ4v) is 2.72. The number of ether oxygens (including phenoxy) is 1. The maximum atomic E-state index is 12.0. The van der Waals surface area contributed by atoms with Crippen LogP contribution in [0.4, 0.5) is 0 Å². The lowest BCUT2D eigenvalue weighted by Crippen LogP contribution is -2.36. The van der Waals surface area contributed by atoms with Crippen LogP contribution in [-0.4, -0.2) is 72.7 Å². The first-order valence-electron chi connectivity index (χ1n) is 10.5. The molecule has 0 fully saturated rings. The summed E-state index contributed by atoms with van der Waals surface area (Å²) in [5.74, 6) is -3.82. The summed E-state index contributed by atoms with van der Waals surface area (Å²) in [4.78, 5) is 44.8. The highest BCUT2D eigenvalue weighted by atomic mass is 16.7. The minimum Gasteiger partial charge on any atom is -0.461 e. The highest BCUT2D eigenvalue weighted by molar-refractivity contribution is 5.87. The monoisotopic (exact) mass is 462 g/mol. The van der Waals surface area contributed by atoms with Gasteiger partial charge >= 0.3 is 17.9 Å². The van der Waals surface area contributed by atoms with Gasteiger partial charge in [0.15, 0.2) is 0 Å². The summed E-state index contributed by atoms with van der Waals surface area (Å²) in [7, 11) is 0. The van der Waals surface area contributed by atoms with Crippen molar-refractivity contribution in [3.05, 3.63) is 12.2 Å². The van der Waals surface area contributed by atoms with Crippen LogP contribution < -0.4 is 11.0 Å². The second-order valence-electron chi connectivity index (χ2n) is 8.64. The summed E-state index contributed by atoms with van der Waals surface area (Å²) in [6, 6.07) is 0. The standard InChI is InChI=1S/C21H38N2O9/c1-14(2)18(27)30-12-17(11-26)20(29)32-23-13-21(4,5)8-15(3)6-7-22-31-19(28)16(9-24)10-25/h15-17,22-26H,1,6-13H2,2-5H3. The number of esters is 1. The number of hydroxylamine groups is 2. The third kappa shape index (κ3) is 12.7. The number of aliphatic hydroxyl groups is 3. The minimum atomic E-state index is -1.00. The second kappa shape index (κ2) is 15.7. The van der Waals surface area contributed by atoms with Crippen molar-refractivity contribution in [2.75, 3.05) is 39.5 Å². The molecule has 0 amide bonds. The molecule has 2 atom stereocenters. The number of carbonyl (C=O) groups excluding carboxylic acids is 3. The molecule has 5 N–H and O–H groups in total. The normalized spacial score (nSPS) is 13.4. The molecule has 0 saturated carbocycles. The number of aliphatic hydroxyl groups excluding tert-OH is 3.